The Morgan fingerprint density at radius 3 is 2.50 bits per heavy atom. The first-order chi connectivity index (χ1) is 10.4. The van der Waals surface area contributed by atoms with E-state index >= 15 is 0 Å². The second-order valence-electron chi connectivity index (χ2n) is 5.75. The second kappa shape index (κ2) is 5.25. The van der Waals surface area contributed by atoms with E-state index in [4.69, 9.17) is 0 Å². The molecule has 0 aliphatic heterocycles. The molecule has 0 fully saturated rings. The Bertz CT molecular complexity index is 940. The highest BCUT2D eigenvalue weighted by Crippen LogP contribution is 2.24. The Hall–Kier alpha value is -2.14. The summed E-state index contributed by atoms with van der Waals surface area (Å²) in [6.45, 7) is 5.85. The fourth-order valence-electron chi connectivity index (χ4n) is 2.53. The SMILES string of the molecule is Cc1ccc2ccc(S(=O)(=O)n3ccnc3C(C)C)cc2c1. The Labute approximate surface area is 130 Å². The maximum atomic E-state index is 12.9. The van der Waals surface area contributed by atoms with E-state index in [2.05, 4.69) is 4.98 Å². The van der Waals surface area contributed by atoms with Crippen molar-refractivity contribution >= 4 is 20.8 Å². The minimum absolute atomic E-state index is 0.0347. The summed E-state index contributed by atoms with van der Waals surface area (Å²) in [7, 11) is -3.62. The van der Waals surface area contributed by atoms with Crippen LogP contribution in [0.5, 0.6) is 0 Å². The molecule has 4 nitrogen and oxygen atoms in total. The van der Waals surface area contributed by atoms with Crippen LogP contribution in [0.15, 0.2) is 53.7 Å². The van der Waals surface area contributed by atoms with Crippen LogP contribution in [0.3, 0.4) is 0 Å². The zero-order valence-electron chi connectivity index (χ0n) is 12.8. The molecule has 0 N–H and O–H groups in total. The van der Waals surface area contributed by atoms with Crippen molar-refractivity contribution in [3.8, 4) is 0 Å². The summed E-state index contributed by atoms with van der Waals surface area (Å²) in [4.78, 5) is 4.45. The number of nitrogens with zero attached hydrogens (tertiary/aromatic N) is 2. The molecule has 114 valence electrons. The van der Waals surface area contributed by atoms with Gasteiger partial charge in [-0.2, -0.15) is 0 Å². The van der Waals surface area contributed by atoms with Crippen LogP contribution >= 0.6 is 0 Å². The maximum Gasteiger partial charge on any atom is 0.269 e. The third kappa shape index (κ3) is 2.41. The molecule has 3 rings (SSSR count). The van der Waals surface area contributed by atoms with E-state index in [0.717, 1.165) is 16.3 Å². The van der Waals surface area contributed by atoms with Gasteiger partial charge in [0.05, 0.1) is 4.90 Å². The Morgan fingerprint density at radius 1 is 1.05 bits per heavy atom. The molecule has 1 aromatic heterocycles. The number of hydrogen-bond acceptors (Lipinski definition) is 3. The van der Waals surface area contributed by atoms with Crippen LogP contribution < -0.4 is 0 Å². The van der Waals surface area contributed by atoms with Gasteiger partial charge in [-0.25, -0.2) is 17.4 Å². The summed E-state index contributed by atoms with van der Waals surface area (Å²) in [6, 6.07) is 11.2. The molecule has 0 spiro atoms. The zero-order chi connectivity index (χ0) is 15.9. The molecule has 0 aliphatic rings. The van der Waals surface area contributed by atoms with Crippen LogP contribution in [0.25, 0.3) is 10.8 Å². The van der Waals surface area contributed by atoms with Gasteiger partial charge in [0.15, 0.2) is 0 Å². The van der Waals surface area contributed by atoms with Crippen molar-refractivity contribution in [3.05, 3.63) is 60.2 Å². The fourth-order valence-corrected chi connectivity index (χ4v) is 3.99. The third-order valence-corrected chi connectivity index (χ3v) is 5.35. The summed E-state index contributed by atoms with van der Waals surface area (Å²) >= 11 is 0. The van der Waals surface area contributed by atoms with Gasteiger partial charge in [0, 0.05) is 18.3 Å². The summed E-state index contributed by atoms with van der Waals surface area (Å²) in [5.74, 6) is 0.580. The van der Waals surface area contributed by atoms with Crippen LogP contribution in [0.1, 0.15) is 31.2 Å². The molecular weight excluding hydrogens is 296 g/mol. The lowest BCUT2D eigenvalue weighted by atomic mass is 10.1. The summed E-state index contributed by atoms with van der Waals surface area (Å²) in [5.41, 5.74) is 1.10. The first-order valence-electron chi connectivity index (χ1n) is 7.19. The Balaban J connectivity index is 2.18. The predicted octanol–water partition coefficient (Wildman–Crippen LogP) is 3.71. The smallest absolute Gasteiger partial charge is 0.240 e. The quantitative estimate of drug-likeness (QED) is 0.740. The minimum Gasteiger partial charge on any atom is -0.240 e. The van der Waals surface area contributed by atoms with Crippen molar-refractivity contribution in [2.45, 2.75) is 31.6 Å². The highest BCUT2D eigenvalue weighted by atomic mass is 32.2. The molecule has 1 heterocycles. The number of rotatable bonds is 3. The highest BCUT2D eigenvalue weighted by Gasteiger charge is 2.21. The summed E-state index contributed by atoms with van der Waals surface area (Å²) in [5, 5.41) is 1.95. The van der Waals surface area contributed by atoms with E-state index in [1.54, 1.807) is 12.1 Å². The van der Waals surface area contributed by atoms with Gasteiger partial charge in [0.1, 0.15) is 5.82 Å². The normalized spacial score (nSPS) is 12.2. The predicted molar refractivity (Wildman–Crippen MR) is 87.6 cm³/mol. The van der Waals surface area contributed by atoms with Crippen molar-refractivity contribution < 1.29 is 8.42 Å². The number of imidazole rings is 1. The lowest BCUT2D eigenvalue weighted by Crippen LogP contribution is -2.16. The standard InChI is InChI=1S/C17H18N2O2S/c1-12(2)17-18-8-9-19(17)22(20,21)16-7-6-14-5-4-13(3)10-15(14)11-16/h4-12H,1-3H3. The zero-order valence-corrected chi connectivity index (χ0v) is 13.6. The van der Waals surface area contributed by atoms with E-state index in [-0.39, 0.29) is 10.8 Å². The molecule has 2 aromatic carbocycles. The number of aromatic nitrogens is 2. The van der Waals surface area contributed by atoms with Crippen LogP contribution in [-0.4, -0.2) is 17.4 Å². The van der Waals surface area contributed by atoms with Crippen molar-refractivity contribution in [3.63, 3.8) is 0 Å². The van der Waals surface area contributed by atoms with Gasteiger partial charge in [0.2, 0.25) is 0 Å². The molecule has 0 aliphatic carbocycles. The number of fused-ring (bicyclic) bond motifs is 1. The average molecular weight is 314 g/mol. The molecule has 0 radical (unpaired) electrons. The average Bonchev–Trinajstić information content (AvgIpc) is 2.96. The topological polar surface area (TPSA) is 52.0 Å². The third-order valence-electron chi connectivity index (χ3n) is 3.68. The van der Waals surface area contributed by atoms with Crippen molar-refractivity contribution in [2.24, 2.45) is 0 Å². The van der Waals surface area contributed by atoms with Gasteiger partial charge < -0.3 is 0 Å². The number of benzene rings is 2. The Kier molecular flexibility index (Phi) is 3.53. The van der Waals surface area contributed by atoms with Gasteiger partial charge in [-0.3, -0.25) is 0 Å². The van der Waals surface area contributed by atoms with Crippen LogP contribution in [0, 0.1) is 6.92 Å². The van der Waals surface area contributed by atoms with E-state index < -0.39 is 10.0 Å². The number of aryl methyl sites for hydroxylation is 1. The van der Waals surface area contributed by atoms with E-state index in [1.807, 2.05) is 45.0 Å². The lowest BCUT2D eigenvalue weighted by molar-refractivity contribution is 0.582. The minimum atomic E-state index is -3.62. The van der Waals surface area contributed by atoms with E-state index in [0.29, 0.717) is 5.82 Å². The molecular formula is C17H18N2O2S. The second-order valence-corrected chi connectivity index (χ2v) is 7.57. The highest BCUT2D eigenvalue weighted by molar-refractivity contribution is 7.90. The summed E-state index contributed by atoms with van der Waals surface area (Å²) < 4.78 is 27.0. The van der Waals surface area contributed by atoms with Crippen LogP contribution in [0.2, 0.25) is 0 Å². The molecule has 3 aromatic rings. The molecule has 0 unspecified atom stereocenters. The largest absolute Gasteiger partial charge is 0.269 e. The molecule has 22 heavy (non-hydrogen) atoms. The van der Waals surface area contributed by atoms with Crippen LogP contribution in [-0.2, 0) is 10.0 Å². The van der Waals surface area contributed by atoms with Crippen LogP contribution in [0.4, 0.5) is 0 Å². The van der Waals surface area contributed by atoms with Crippen molar-refractivity contribution in [1.82, 2.24) is 8.96 Å². The van der Waals surface area contributed by atoms with Gasteiger partial charge in [-0.1, -0.05) is 43.7 Å². The van der Waals surface area contributed by atoms with Crippen molar-refractivity contribution in [2.75, 3.05) is 0 Å². The van der Waals surface area contributed by atoms with Crippen molar-refractivity contribution in [1.29, 1.82) is 0 Å². The Morgan fingerprint density at radius 2 is 1.77 bits per heavy atom. The maximum absolute atomic E-state index is 12.9. The van der Waals surface area contributed by atoms with Gasteiger partial charge in [-0.15, -0.1) is 0 Å². The first-order valence-corrected chi connectivity index (χ1v) is 8.63. The molecule has 0 atom stereocenters. The molecule has 0 saturated carbocycles. The van der Waals surface area contributed by atoms with Gasteiger partial charge >= 0.3 is 0 Å². The van der Waals surface area contributed by atoms with E-state index in [9.17, 15) is 8.42 Å². The van der Waals surface area contributed by atoms with Gasteiger partial charge in [-0.05, 0) is 29.8 Å². The lowest BCUT2D eigenvalue weighted by Gasteiger charge is -2.12. The monoisotopic (exact) mass is 314 g/mol. The summed E-state index contributed by atoms with van der Waals surface area (Å²) in [6.07, 6.45) is 3.03. The molecule has 0 saturated heterocycles. The molecule has 0 amide bonds. The molecule has 0 bridgehead atoms. The van der Waals surface area contributed by atoms with E-state index in [1.165, 1.54) is 16.4 Å². The van der Waals surface area contributed by atoms with Gasteiger partial charge in [0.25, 0.3) is 10.0 Å². The molecule has 5 heteroatoms. The fraction of sp³-hybridized carbons (Fsp3) is 0.235. The first kappa shape index (κ1) is 14.8. The number of hydrogen-bond donors (Lipinski definition) is 0.